The van der Waals surface area contributed by atoms with E-state index in [2.05, 4.69) is 59.9 Å². The SMILES string of the molecule is CCC/C=C(/I)[C@@H]1OC(c2ccccc2)=N[C@@H]1C1CCCCC1. The Morgan fingerprint density at radius 1 is 1.22 bits per heavy atom. The molecule has 1 aliphatic heterocycles. The van der Waals surface area contributed by atoms with Crippen molar-refractivity contribution in [3.8, 4) is 0 Å². The third kappa shape index (κ3) is 4.17. The molecular weight excluding hydrogens is 397 g/mol. The van der Waals surface area contributed by atoms with E-state index in [1.807, 2.05) is 6.07 Å². The molecule has 2 atom stereocenters. The molecule has 3 heteroatoms. The second kappa shape index (κ2) is 8.32. The molecule has 23 heavy (non-hydrogen) atoms. The Balaban J connectivity index is 1.84. The lowest BCUT2D eigenvalue weighted by Gasteiger charge is -2.28. The first-order valence-electron chi connectivity index (χ1n) is 8.95. The van der Waals surface area contributed by atoms with Crippen LogP contribution in [-0.2, 0) is 4.74 Å². The average Bonchev–Trinajstić information content (AvgIpc) is 3.07. The molecule has 0 aromatic heterocycles. The van der Waals surface area contributed by atoms with Gasteiger partial charge in [-0.25, -0.2) is 4.99 Å². The summed E-state index contributed by atoms with van der Waals surface area (Å²) in [5, 5.41) is 0. The highest BCUT2D eigenvalue weighted by molar-refractivity contribution is 14.1. The van der Waals surface area contributed by atoms with Crippen LogP contribution in [-0.4, -0.2) is 18.0 Å². The lowest BCUT2D eigenvalue weighted by Crippen LogP contribution is -2.31. The number of hydrogen-bond acceptors (Lipinski definition) is 2. The zero-order valence-corrected chi connectivity index (χ0v) is 16.0. The van der Waals surface area contributed by atoms with Gasteiger partial charge >= 0.3 is 0 Å². The summed E-state index contributed by atoms with van der Waals surface area (Å²) < 4.78 is 7.67. The van der Waals surface area contributed by atoms with Crippen molar-refractivity contribution in [2.24, 2.45) is 10.9 Å². The van der Waals surface area contributed by atoms with Gasteiger partial charge in [-0.1, -0.05) is 56.9 Å². The number of hydrogen-bond donors (Lipinski definition) is 0. The molecule has 1 heterocycles. The van der Waals surface area contributed by atoms with Gasteiger partial charge in [0.05, 0.1) is 6.04 Å². The Bertz CT molecular complexity index is 560. The van der Waals surface area contributed by atoms with Crippen molar-refractivity contribution in [3.63, 3.8) is 0 Å². The molecule has 3 rings (SSSR count). The largest absolute Gasteiger partial charge is 0.466 e. The molecule has 0 unspecified atom stereocenters. The van der Waals surface area contributed by atoms with Crippen LogP contribution < -0.4 is 0 Å². The Morgan fingerprint density at radius 3 is 2.65 bits per heavy atom. The van der Waals surface area contributed by atoms with E-state index in [-0.39, 0.29) is 6.10 Å². The fourth-order valence-electron chi connectivity index (χ4n) is 3.59. The highest BCUT2D eigenvalue weighted by atomic mass is 127. The number of halogens is 1. The van der Waals surface area contributed by atoms with Crippen LogP contribution in [0.2, 0.25) is 0 Å². The number of aliphatic imine (C=N–C) groups is 1. The number of rotatable bonds is 5. The maximum atomic E-state index is 6.35. The fourth-order valence-corrected chi connectivity index (χ4v) is 4.40. The highest BCUT2D eigenvalue weighted by Crippen LogP contribution is 2.37. The summed E-state index contributed by atoms with van der Waals surface area (Å²) in [6.45, 7) is 2.22. The lowest BCUT2D eigenvalue weighted by atomic mass is 9.82. The van der Waals surface area contributed by atoms with Crippen molar-refractivity contribution >= 4 is 28.5 Å². The summed E-state index contributed by atoms with van der Waals surface area (Å²) in [4.78, 5) is 5.04. The molecule has 1 aliphatic carbocycles. The molecule has 2 nitrogen and oxygen atoms in total. The number of nitrogens with zero attached hydrogens (tertiary/aromatic N) is 1. The number of unbranched alkanes of at least 4 members (excludes halogenated alkanes) is 1. The summed E-state index contributed by atoms with van der Waals surface area (Å²) in [6.07, 6.45) is 11.4. The third-order valence-electron chi connectivity index (χ3n) is 4.87. The molecule has 0 bridgehead atoms. The van der Waals surface area contributed by atoms with Crippen molar-refractivity contribution in [2.45, 2.75) is 64.0 Å². The van der Waals surface area contributed by atoms with E-state index in [0.29, 0.717) is 12.0 Å². The summed E-state index contributed by atoms with van der Waals surface area (Å²) in [5.74, 6) is 1.51. The van der Waals surface area contributed by atoms with Gasteiger partial charge in [0.2, 0.25) is 5.90 Å². The molecule has 1 fully saturated rings. The summed E-state index contributed by atoms with van der Waals surface area (Å²) in [5.41, 5.74) is 1.11. The Hall–Kier alpha value is -0.840. The van der Waals surface area contributed by atoms with Crippen LogP contribution in [0.15, 0.2) is 45.0 Å². The molecule has 1 aromatic rings. The van der Waals surface area contributed by atoms with Gasteiger partial charge in [-0.3, -0.25) is 0 Å². The molecule has 1 aromatic carbocycles. The van der Waals surface area contributed by atoms with Crippen LogP contribution >= 0.6 is 22.6 Å². The Labute approximate surface area is 153 Å². The van der Waals surface area contributed by atoms with Gasteiger partial charge in [0.25, 0.3) is 0 Å². The normalized spacial score (nSPS) is 26.0. The van der Waals surface area contributed by atoms with E-state index >= 15 is 0 Å². The topological polar surface area (TPSA) is 21.6 Å². The van der Waals surface area contributed by atoms with E-state index in [1.54, 1.807) is 0 Å². The minimum atomic E-state index is 0.125. The Kier molecular flexibility index (Phi) is 6.15. The Morgan fingerprint density at radius 2 is 1.96 bits per heavy atom. The van der Waals surface area contributed by atoms with Crippen LogP contribution in [0.4, 0.5) is 0 Å². The zero-order chi connectivity index (χ0) is 16.1. The van der Waals surface area contributed by atoms with Crippen molar-refractivity contribution in [1.82, 2.24) is 0 Å². The minimum Gasteiger partial charge on any atom is -0.466 e. The molecule has 0 radical (unpaired) electrons. The summed E-state index contributed by atoms with van der Waals surface area (Å²) in [7, 11) is 0. The monoisotopic (exact) mass is 423 g/mol. The van der Waals surface area contributed by atoms with Crippen LogP contribution in [0, 0.1) is 5.92 Å². The maximum Gasteiger partial charge on any atom is 0.217 e. The van der Waals surface area contributed by atoms with Gasteiger partial charge < -0.3 is 4.74 Å². The minimum absolute atomic E-state index is 0.125. The molecule has 0 N–H and O–H groups in total. The molecule has 0 amide bonds. The molecule has 0 saturated heterocycles. The summed E-state index contributed by atoms with van der Waals surface area (Å²) >= 11 is 2.47. The smallest absolute Gasteiger partial charge is 0.217 e. The number of ether oxygens (including phenoxy) is 1. The predicted octanol–water partition coefficient (Wildman–Crippen LogP) is 5.90. The van der Waals surface area contributed by atoms with Crippen LogP contribution in [0.5, 0.6) is 0 Å². The van der Waals surface area contributed by atoms with Gasteiger partial charge in [-0.2, -0.15) is 0 Å². The van der Waals surface area contributed by atoms with E-state index in [4.69, 9.17) is 9.73 Å². The lowest BCUT2D eigenvalue weighted by molar-refractivity contribution is 0.185. The van der Waals surface area contributed by atoms with Crippen LogP contribution in [0.1, 0.15) is 57.4 Å². The van der Waals surface area contributed by atoms with E-state index in [9.17, 15) is 0 Å². The van der Waals surface area contributed by atoms with Crippen molar-refractivity contribution in [3.05, 3.63) is 45.6 Å². The van der Waals surface area contributed by atoms with Crippen molar-refractivity contribution in [2.75, 3.05) is 0 Å². The van der Waals surface area contributed by atoms with Crippen molar-refractivity contribution < 1.29 is 4.74 Å². The van der Waals surface area contributed by atoms with Gasteiger partial charge in [-0.15, -0.1) is 0 Å². The fraction of sp³-hybridized carbons (Fsp3) is 0.550. The standard InChI is InChI=1S/C20H26INO/c1-2-3-14-17(21)19-18(15-10-6-4-7-11-15)22-20(23-19)16-12-8-5-9-13-16/h5,8-9,12-15,18-19H,2-4,6-7,10-11H2,1H3/b17-14+/t18-,19+/m1/s1. The van der Waals surface area contributed by atoms with Gasteiger partial charge in [-0.05, 0) is 59.9 Å². The first-order valence-corrected chi connectivity index (χ1v) is 10.0. The van der Waals surface area contributed by atoms with Crippen molar-refractivity contribution in [1.29, 1.82) is 0 Å². The van der Waals surface area contributed by atoms with Crippen LogP contribution in [0.25, 0.3) is 0 Å². The number of benzene rings is 1. The highest BCUT2D eigenvalue weighted by Gasteiger charge is 2.38. The molecule has 1 saturated carbocycles. The van der Waals surface area contributed by atoms with Crippen LogP contribution in [0.3, 0.4) is 0 Å². The third-order valence-corrected chi connectivity index (χ3v) is 5.92. The zero-order valence-electron chi connectivity index (χ0n) is 13.9. The number of allylic oxidation sites excluding steroid dienone is 1. The predicted molar refractivity (Wildman–Crippen MR) is 105 cm³/mol. The second-order valence-electron chi connectivity index (χ2n) is 6.61. The molecule has 0 spiro atoms. The second-order valence-corrected chi connectivity index (χ2v) is 7.85. The molecule has 124 valence electrons. The maximum absolute atomic E-state index is 6.35. The molecule has 2 aliphatic rings. The quantitative estimate of drug-likeness (QED) is 0.541. The van der Waals surface area contributed by atoms with E-state index in [0.717, 1.165) is 17.9 Å². The van der Waals surface area contributed by atoms with Gasteiger partial charge in [0.1, 0.15) is 0 Å². The first kappa shape index (κ1) is 17.0. The van der Waals surface area contributed by atoms with E-state index < -0.39 is 0 Å². The molecular formula is C20H26INO. The first-order chi connectivity index (χ1) is 11.3. The average molecular weight is 423 g/mol. The van der Waals surface area contributed by atoms with E-state index in [1.165, 1.54) is 42.1 Å². The summed E-state index contributed by atoms with van der Waals surface area (Å²) in [6, 6.07) is 10.7. The van der Waals surface area contributed by atoms with Gasteiger partial charge in [0.15, 0.2) is 6.10 Å². The van der Waals surface area contributed by atoms with Gasteiger partial charge in [0, 0.05) is 9.14 Å².